The quantitative estimate of drug-likeness (QED) is 0.465. The Hall–Kier alpha value is -2.75. The average Bonchev–Trinajstić information content (AvgIpc) is 3.34. The van der Waals surface area contributed by atoms with Crippen molar-refractivity contribution in [2.24, 2.45) is 5.92 Å². The minimum Gasteiger partial charge on any atom is -0.493 e. The first-order valence-corrected chi connectivity index (χ1v) is 12.8. The van der Waals surface area contributed by atoms with Crippen molar-refractivity contribution < 1.29 is 27.8 Å². The number of ketones is 1. The van der Waals surface area contributed by atoms with Gasteiger partial charge in [0.05, 0.1) is 19.1 Å². The van der Waals surface area contributed by atoms with Gasteiger partial charge < -0.3 is 18.8 Å². The van der Waals surface area contributed by atoms with Crippen molar-refractivity contribution >= 4 is 22.7 Å². The lowest BCUT2D eigenvalue weighted by Crippen LogP contribution is -2.26. The lowest BCUT2D eigenvalue weighted by molar-refractivity contribution is -0.117. The van der Waals surface area contributed by atoms with Crippen LogP contribution >= 0.6 is 0 Å². The molecule has 2 unspecified atom stereocenters. The molecule has 0 radical (unpaired) electrons. The lowest BCUT2D eigenvalue weighted by atomic mass is 9.84. The first-order chi connectivity index (χ1) is 16.4. The van der Waals surface area contributed by atoms with Crippen LogP contribution in [0.3, 0.4) is 0 Å². The summed E-state index contributed by atoms with van der Waals surface area (Å²) in [6.45, 7) is 1.53. The highest BCUT2D eigenvalue weighted by Crippen LogP contribution is 2.31. The Kier molecular flexibility index (Phi) is 9.62. The summed E-state index contributed by atoms with van der Waals surface area (Å²) in [5.74, 6) is 0.745. The van der Waals surface area contributed by atoms with Crippen LogP contribution in [0.15, 0.2) is 27.6 Å². The minimum absolute atomic E-state index is 0.0291. The molecule has 0 aliphatic heterocycles. The van der Waals surface area contributed by atoms with Crippen molar-refractivity contribution in [3.63, 3.8) is 0 Å². The molecular weight excluding hydrogens is 458 g/mol. The van der Waals surface area contributed by atoms with Gasteiger partial charge in [0.2, 0.25) is 5.89 Å². The Morgan fingerprint density at radius 3 is 2.59 bits per heavy atom. The van der Waals surface area contributed by atoms with Crippen LogP contribution in [0.4, 0.5) is 0 Å². The van der Waals surface area contributed by atoms with E-state index in [0.717, 1.165) is 25.2 Å². The highest BCUT2D eigenvalue weighted by atomic mass is 32.2. The van der Waals surface area contributed by atoms with Crippen LogP contribution in [0.5, 0.6) is 11.5 Å². The molecule has 1 amide bonds. The second-order valence-corrected chi connectivity index (χ2v) is 9.92. The van der Waals surface area contributed by atoms with Crippen LogP contribution in [0, 0.1) is 5.92 Å². The molecule has 1 aromatic heterocycles. The van der Waals surface area contributed by atoms with E-state index in [1.807, 2.05) is 0 Å². The maximum absolute atomic E-state index is 12.6. The molecule has 3 rings (SSSR count). The molecule has 2 aromatic rings. The van der Waals surface area contributed by atoms with Gasteiger partial charge in [-0.15, -0.1) is 0 Å². The molecule has 1 N–H and O–H groups in total. The zero-order valence-electron chi connectivity index (χ0n) is 20.0. The number of nitrogens with one attached hydrogen (secondary N) is 1. The number of amides is 1. The summed E-state index contributed by atoms with van der Waals surface area (Å²) in [6.07, 6.45) is 9.60. The summed E-state index contributed by atoms with van der Waals surface area (Å²) in [5.41, 5.74) is 0. The Labute approximate surface area is 202 Å². The van der Waals surface area contributed by atoms with Gasteiger partial charge in [-0.3, -0.25) is 9.52 Å². The van der Waals surface area contributed by atoms with E-state index in [2.05, 4.69) is 14.9 Å². The number of carbonyl (C=O) groups excluding carboxylic acids is 2. The van der Waals surface area contributed by atoms with E-state index < -0.39 is 16.9 Å². The maximum atomic E-state index is 12.6. The summed E-state index contributed by atoms with van der Waals surface area (Å²) in [4.78, 5) is 28.9. The number of Topliss-reactive ketones (excluding diaryl/α,β-unsaturated/α-hetero) is 1. The van der Waals surface area contributed by atoms with Crippen LogP contribution in [0.2, 0.25) is 0 Å². The van der Waals surface area contributed by atoms with E-state index in [1.165, 1.54) is 59.3 Å². The average molecular weight is 492 g/mol. The molecule has 0 saturated heterocycles. The summed E-state index contributed by atoms with van der Waals surface area (Å²) in [5, 5.41) is 3.76. The summed E-state index contributed by atoms with van der Waals surface area (Å²) >= 11 is 0. The Morgan fingerprint density at radius 1 is 1.18 bits per heavy atom. The van der Waals surface area contributed by atoms with Gasteiger partial charge in [0.15, 0.2) is 22.5 Å². The fourth-order valence-corrected chi connectivity index (χ4v) is 5.19. The highest BCUT2D eigenvalue weighted by molar-refractivity contribution is 7.83. The molecule has 186 valence electrons. The smallest absolute Gasteiger partial charge is 0.304 e. The zero-order valence-corrected chi connectivity index (χ0v) is 20.8. The van der Waals surface area contributed by atoms with E-state index in [4.69, 9.17) is 14.0 Å². The van der Waals surface area contributed by atoms with E-state index in [0.29, 0.717) is 16.4 Å². The second-order valence-electron chi connectivity index (χ2n) is 8.71. The standard InChI is InChI=1S/C24H33N3O6S/c1-16(28)14-18(11-7-10-17-8-5-4-6-9-17)24-25-22(26-33-24)23(29)27-34(30)19-12-13-20(31-2)21(15-19)32-3/h12-13,15,17-18H,4-11,14H2,1-3H3,(H,27,29). The van der Waals surface area contributed by atoms with Gasteiger partial charge in [0.1, 0.15) is 5.78 Å². The third-order valence-electron chi connectivity index (χ3n) is 6.17. The van der Waals surface area contributed by atoms with Crippen LogP contribution in [-0.4, -0.2) is 40.3 Å². The number of methoxy groups -OCH3 is 2. The normalized spacial score (nSPS) is 16.0. The third kappa shape index (κ3) is 7.12. The number of rotatable bonds is 12. The Balaban J connectivity index is 1.62. The SMILES string of the molecule is COc1ccc(S(=O)NC(=O)c2noc(C(CCCC3CCCCC3)CC(C)=O)n2)cc1OC. The monoisotopic (exact) mass is 491 g/mol. The number of aromatic nitrogens is 2. The molecule has 1 fully saturated rings. The lowest BCUT2D eigenvalue weighted by Gasteiger charge is -2.22. The second kappa shape index (κ2) is 12.6. The van der Waals surface area contributed by atoms with Gasteiger partial charge in [0, 0.05) is 18.4 Å². The summed E-state index contributed by atoms with van der Waals surface area (Å²) < 4.78 is 30.7. The molecule has 1 aliphatic rings. The van der Waals surface area contributed by atoms with Crippen LogP contribution < -0.4 is 14.2 Å². The molecule has 34 heavy (non-hydrogen) atoms. The van der Waals surface area contributed by atoms with E-state index >= 15 is 0 Å². The fraction of sp³-hybridized carbons (Fsp3) is 0.583. The van der Waals surface area contributed by atoms with Crippen LogP contribution in [0.1, 0.15) is 87.1 Å². The number of nitrogens with zero attached hydrogens (tertiary/aromatic N) is 2. The van der Waals surface area contributed by atoms with Gasteiger partial charge in [0.25, 0.3) is 5.82 Å². The van der Waals surface area contributed by atoms with Crippen LogP contribution in [-0.2, 0) is 15.8 Å². The van der Waals surface area contributed by atoms with E-state index in [-0.39, 0.29) is 29.8 Å². The third-order valence-corrected chi connectivity index (χ3v) is 7.22. The van der Waals surface area contributed by atoms with Gasteiger partial charge in [-0.25, -0.2) is 4.21 Å². The molecule has 1 heterocycles. The van der Waals surface area contributed by atoms with Crippen molar-refractivity contribution in [3.05, 3.63) is 29.9 Å². The summed E-state index contributed by atoms with van der Waals surface area (Å²) in [7, 11) is 1.10. The highest BCUT2D eigenvalue weighted by Gasteiger charge is 2.25. The van der Waals surface area contributed by atoms with Crippen molar-refractivity contribution in [1.29, 1.82) is 0 Å². The predicted molar refractivity (Wildman–Crippen MR) is 126 cm³/mol. The van der Waals surface area contributed by atoms with Gasteiger partial charge in [-0.05, 0) is 31.4 Å². The van der Waals surface area contributed by atoms with Gasteiger partial charge in [-0.2, -0.15) is 4.98 Å². The molecule has 2 atom stereocenters. The largest absolute Gasteiger partial charge is 0.493 e. The first-order valence-electron chi connectivity index (χ1n) is 11.7. The Morgan fingerprint density at radius 2 is 1.91 bits per heavy atom. The molecule has 10 heteroatoms. The maximum Gasteiger partial charge on any atom is 0.304 e. The number of ether oxygens (including phenoxy) is 2. The summed E-state index contributed by atoms with van der Waals surface area (Å²) in [6, 6.07) is 4.69. The molecule has 0 bridgehead atoms. The molecular formula is C24H33N3O6S. The first kappa shape index (κ1) is 25.9. The van der Waals surface area contributed by atoms with Gasteiger partial charge in [-0.1, -0.05) is 50.1 Å². The number of hydrogen-bond donors (Lipinski definition) is 1. The minimum atomic E-state index is -1.87. The number of carbonyl (C=O) groups is 2. The molecule has 0 spiro atoms. The van der Waals surface area contributed by atoms with Crippen molar-refractivity contribution in [3.8, 4) is 11.5 Å². The molecule has 1 aromatic carbocycles. The fourth-order valence-electron chi connectivity index (χ4n) is 4.40. The number of hydrogen-bond acceptors (Lipinski definition) is 8. The topological polar surface area (TPSA) is 121 Å². The predicted octanol–water partition coefficient (Wildman–Crippen LogP) is 4.35. The molecule has 1 saturated carbocycles. The number of benzene rings is 1. The van der Waals surface area contributed by atoms with E-state index in [9.17, 15) is 13.8 Å². The van der Waals surface area contributed by atoms with Crippen molar-refractivity contribution in [2.45, 2.75) is 75.5 Å². The van der Waals surface area contributed by atoms with E-state index in [1.54, 1.807) is 12.1 Å². The van der Waals surface area contributed by atoms with Crippen molar-refractivity contribution in [2.75, 3.05) is 14.2 Å². The molecule has 1 aliphatic carbocycles. The zero-order chi connectivity index (χ0) is 24.5. The molecule has 9 nitrogen and oxygen atoms in total. The van der Waals surface area contributed by atoms with Crippen LogP contribution in [0.25, 0.3) is 0 Å². The Bertz CT molecular complexity index is 1000. The van der Waals surface area contributed by atoms with Gasteiger partial charge >= 0.3 is 5.91 Å². The van der Waals surface area contributed by atoms with Crippen molar-refractivity contribution in [1.82, 2.24) is 14.9 Å².